The first-order chi connectivity index (χ1) is 14.2. The second-order valence-electron chi connectivity index (χ2n) is 9.03. The summed E-state index contributed by atoms with van der Waals surface area (Å²) >= 11 is 0. The van der Waals surface area contributed by atoms with Crippen molar-refractivity contribution in [2.45, 2.75) is 57.9 Å². The van der Waals surface area contributed by atoms with E-state index in [-0.39, 0.29) is 5.82 Å². The SMILES string of the molecule is CCC1CN(Cc2ccc(-c3cc4cc(C5CCCCC5)ccc4o3)c(F)c2)C1. The smallest absolute Gasteiger partial charge is 0.138 e. The molecule has 5 rings (SSSR count). The molecule has 2 aliphatic rings. The van der Waals surface area contributed by atoms with Gasteiger partial charge in [-0.1, -0.05) is 44.7 Å². The van der Waals surface area contributed by atoms with Crippen LogP contribution < -0.4 is 0 Å². The molecule has 1 aliphatic carbocycles. The van der Waals surface area contributed by atoms with Gasteiger partial charge in [-0.3, -0.25) is 4.90 Å². The third-order valence-electron chi connectivity index (χ3n) is 6.93. The van der Waals surface area contributed by atoms with Gasteiger partial charge in [-0.25, -0.2) is 4.39 Å². The number of hydrogen-bond donors (Lipinski definition) is 0. The zero-order valence-electron chi connectivity index (χ0n) is 17.3. The van der Waals surface area contributed by atoms with Crippen molar-refractivity contribution in [3.63, 3.8) is 0 Å². The first kappa shape index (κ1) is 18.9. The lowest BCUT2D eigenvalue weighted by molar-refractivity contribution is 0.0898. The van der Waals surface area contributed by atoms with E-state index >= 15 is 0 Å². The third kappa shape index (κ3) is 3.85. The monoisotopic (exact) mass is 391 g/mol. The van der Waals surface area contributed by atoms with E-state index in [0.717, 1.165) is 42.1 Å². The van der Waals surface area contributed by atoms with Gasteiger partial charge in [0, 0.05) is 25.0 Å². The Hall–Kier alpha value is -2.13. The van der Waals surface area contributed by atoms with E-state index in [1.165, 1.54) is 44.1 Å². The summed E-state index contributed by atoms with van der Waals surface area (Å²) in [5.41, 5.74) is 3.84. The van der Waals surface area contributed by atoms with Crippen molar-refractivity contribution >= 4 is 11.0 Å². The van der Waals surface area contributed by atoms with Crippen molar-refractivity contribution < 1.29 is 8.81 Å². The highest BCUT2D eigenvalue weighted by atomic mass is 19.1. The van der Waals surface area contributed by atoms with Crippen LogP contribution in [0.25, 0.3) is 22.3 Å². The first-order valence-electron chi connectivity index (χ1n) is 11.2. The van der Waals surface area contributed by atoms with Crippen LogP contribution >= 0.6 is 0 Å². The summed E-state index contributed by atoms with van der Waals surface area (Å²) in [6.45, 7) is 5.33. The molecule has 0 N–H and O–H groups in total. The van der Waals surface area contributed by atoms with Crippen molar-refractivity contribution in [3.8, 4) is 11.3 Å². The van der Waals surface area contributed by atoms with Crippen LogP contribution in [-0.2, 0) is 6.54 Å². The van der Waals surface area contributed by atoms with E-state index < -0.39 is 0 Å². The number of fused-ring (bicyclic) bond motifs is 1. The number of hydrogen-bond acceptors (Lipinski definition) is 2. The maximum atomic E-state index is 14.9. The van der Waals surface area contributed by atoms with Gasteiger partial charge in [0.25, 0.3) is 0 Å². The third-order valence-corrected chi connectivity index (χ3v) is 6.93. The molecule has 3 aromatic rings. The molecule has 1 saturated carbocycles. The lowest BCUT2D eigenvalue weighted by Gasteiger charge is -2.38. The summed E-state index contributed by atoms with van der Waals surface area (Å²) in [6, 6.07) is 14.1. The molecule has 0 radical (unpaired) electrons. The largest absolute Gasteiger partial charge is 0.456 e. The lowest BCUT2D eigenvalue weighted by atomic mass is 9.84. The molecule has 0 spiro atoms. The van der Waals surface area contributed by atoms with Gasteiger partial charge < -0.3 is 4.42 Å². The molecular weight excluding hydrogens is 361 g/mol. The van der Waals surface area contributed by atoms with Crippen molar-refractivity contribution in [3.05, 3.63) is 59.4 Å². The van der Waals surface area contributed by atoms with Crippen molar-refractivity contribution in [1.29, 1.82) is 0 Å². The van der Waals surface area contributed by atoms with Gasteiger partial charge in [-0.2, -0.15) is 0 Å². The average Bonchev–Trinajstić information content (AvgIpc) is 3.14. The van der Waals surface area contributed by atoms with Gasteiger partial charge in [0.1, 0.15) is 17.2 Å². The van der Waals surface area contributed by atoms with Crippen LogP contribution in [0.1, 0.15) is 62.5 Å². The van der Waals surface area contributed by atoms with E-state index in [4.69, 9.17) is 4.42 Å². The molecule has 2 aromatic carbocycles. The summed E-state index contributed by atoms with van der Waals surface area (Å²) in [5, 5.41) is 1.08. The summed E-state index contributed by atoms with van der Waals surface area (Å²) in [4.78, 5) is 2.39. The molecule has 2 nitrogen and oxygen atoms in total. The number of likely N-dealkylation sites (tertiary alicyclic amines) is 1. The second-order valence-corrected chi connectivity index (χ2v) is 9.03. The topological polar surface area (TPSA) is 16.4 Å². The van der Waals surface area contributed by atoms with Crippen LogP contribution in [0.2, 0.25) is 0 Å². The molecule has 0 atom stereocenters. The molecule has 2 heterocycles. The predicted molar refractivity (Wildman–Crippen MR) is 116 cm³/mol. The van der Waals surface area contributed by atoms with E-state index in [9.17, 15) is 4.39 Å². The number of furan rings is 1. The van der Waals surface area contributed by atoms with E-state index in [1.54, 1.807) is 6.07 Å². The standard InChI is InChI=1S/C26H30FNO/c1-2-18-15-28(16-18)17-19-8-10-23(24(27)12-19)26-14-22-13-21(9-11-25(22)29-26)20-6-4-3-5-7-20/h8-14,18,20H,2-7,15-17H2,1H3. The molecule has 1 aromatic heterocycles. The van der Waals surface area contributed by atoms with E-state index in [2.05, 4.69) is 30.0 Å². The van der Waals surface area contributed by atoms with Crippen LogP contribution in [0.5, 0.6) is 0 Å². The molecule has 1 aliphatic heterocycles. The molecule has 0 amide bonds. The van der Waals surface area contributed by atoms with Crippen LogP contribution in [0, 0.1) is 11.7 Å². The average molecular weight is 392 g/mol. The molecule has 2 fully saturated rings. The molecule has 0 bridgehead atoms. The highest BCUT2D eigenvalue weighted by Gasteiger charge is 2.25. The van der Waals surface area contributed by atoms with Crippen molar-refractivity contribution in [2.24, 2.45) is 5.92 Å². The molecule has 29 heavy (non-hydrogen) atoms. The van der Waals surface area contributed by atoms with E-state index in [1.807, 2.05) is 18.2 Å². The fourth-order valence-electron chi connectivity index (χ4n) is 5.06. The van der Waals surface area contributed by atoms with Crippen molar-refractivity contribution in [2.75, 3.05) is 13.1 Å². The molecule has 0 unspecified atom stereocenters. The summed E-state index contributed by atoms with van der Waals surface area (Å²) in [6.07, 6.45) is 7.81. The summed E-state index contributed by atoms with van der Waals surface area (Å²) < 4.78 is 20.9. The number of nitrogens with zero attached hydrogens (tertiary/aromatic N) is 1. The molecule has 1 saturated heterocycles. The fourth-order valence-corrected chi connectivity index (χ4v) is 5.06. The minimum atomic E-state index is -0.193. The Morgan fingerprint density at radius 2 is 1.83 bits per heavy atom. The minimum absolute atomic E-state index is 0.193. The van der Waals surface area contributed by atoms with Gasteiger partial charge in [0.2, 0.25) is 0 Å². The maximum Gasteiger partial charge on any atom is 0.138 e. The highest BCUT2D eigenvalue weighted by molar-refractivity contribution is 5.83. The normalized spacial score (nSPS) is 19.0. The quantitative estimate of drug-likeness (QED) is 0.460. The van der Waals surface area contributed by atoms with Gasteiger partial charge >= 0.3 is 0 Å². The Kier molecular flexibility index (Phi) is 5.17. The van der Waals surface area contributed by atoms with Crippen LogP contribution in [0.3, 0.4) is 0 Å². The summed E-state index contributed by atoms with van der Waals surface area (Å²) in [5.74, 6) is 1.91. The fraction of sp³-hybridized carbons (Fsp3) is 0.462. The Labute approximate surface area is 172 Å². The predicted octanol–water partition coefficient (Wildman–Crippen LogP) is 7.13. The number of benzene rings is 2. The zero-order chi connectivity index (χ0) is 19.8. The molecular formula is C26H30FNO. The van der Waals surface area contributed by atoms with Crippen LogP contribution in [0.15, 0.2) is 46.9 Å². The number of rotatable bonds is 5. The van der Waals surface area contributed by atoms with E-state index in [0.29, 0.717) is 17.2 Å². The zero-order valence-corrected chi connectivity index (χ0v) is 17.3. The molecule has 3 heteroatoms. The minimum Gasteiger partial charge on any atom is -0.456 e. The Morgan fingerprint density at radius 1 is 1.00 bits per heavy atom. The Balaban J connectivity index is 1.35. The highest BCUT2D eigenvalue weighted by Crippen LogP contribution is 2.36. The first-order valence-corrected chi connectivity index (χ1v) is 11.2. The Morgan fingerprint density at radius 3 is 2.59 bits per heavy atom. The van der Waals surface area contributed by atoms with Crippen molar-refractivity contribution in [1.82, 2.24) is 4.90 Å². The van der Waals surface area contributed by atoms with Crippen LogP contribution in [-0.4, -0.2) is 18.0 Å². The molecule has 152 valence electrons. The summed E-state index contributed by atoms with van der Waals surface area (Å²) in [7, 11) is 0. The lowest BCUT2D eigenvalue weighted by Crippen LogP contribution is -2.45. The van der Waals surface area contributed by atoms with Gasteiger partial charge in [-0.05, 0) is 66.1 Å². The van der Waals surface area contributed by atoms with Gasteiger partial charge in [-0.15, -0.1) is 0 Å². The van der Waals surface area contributed by atoms with Gasteiger partial charge in [0.05, 0.1) is 5.56 Å². The van der Waals surface area contributed by atoms with Gasteiger partial charge in [0.15, 0.2) is 0 Å². The maximum absolute atomic E-state index is 14.9. The number of halogens is 1. The second kappa shape index (κ2) is 7.95. The Bertz CT molecular complexity index is 995. The van der Waals surface area contributed by atoms with Crippen LogP contribution in [0.4, 0.5) is 4.39 Å².